The molecule has 0 bridgehead atoms. The van der Waals surface area contributed by atoms with Crippen LogP contribution in [0.15, 0.2) is 42.5 Å². The van der Waals surface area contributed by atoms with Crippen LogP contribution in [0, 0.1) is 5.92 Å². The maximum Gasteiger partial charge on any atom is 0.0434 e. The molecule has 1 N–H and O–H groups in total. The van der Waals surface area contributed by atoms with E-state index >= 15 is 0 Å². The molecular weight excluding hydrogens is 352 g/mol. The Labute approximate surface area is 180 Å². The maximum atomic E-state index is 9.08. The summed E-state index contributed by atoms with van der Waals surface area (Å²) in [5.41, 5.74) is 7.00. The van der Waals surface area contributed by atoms with Crippen LogP contribution >= 0.6 is 0 Å². The lowest BCUT2D eigenvalue weighted by Gasteiger charge is -2.29. The second-order valence-corrected chi connectivity index (χ2v) is 9.01. The van der Waals surface area contributed by atoms with Gasteiger partial charge in [0.25, 0.3) is 0 Å². The number of aliphatic hydroxyl groups is 1. The summed E-state index contributed by atoms with van der Waals surface area (Å²) in [4.78, 5) is 0. The normalized spacial score (nSPS) is 19.4. The predicted octanol–water partition coefficient (Wildman–Crippen LogP) is 7.94. The molecule has 1 aliphatic rings. The summed E-state index contributed by atoms with van der Waals surface area (Å²) in [6.07, 6.45) is 14.1. The lowest BCUT2D eigenvalue weighted by atomic mass is 9.77. The van der Waals surface area contributed by atoms with Crippen molar-refractivity contribution in [1.29, 1.82) is 0 Å². The first kappa shape index (κ1) is 22.1. The van der Waals surface area contributed by atoms with Gasteiger partial charge >= 0.3 is 0 Å². The number of aryl methyl sites for hydroxylation is 2. The SMILES string of the molecule is CCCCCC1CCC(c2ccc(-c3ccc(CCCO)cc3CC)cc2)CC1.[HH]. The van der Waals surface area contributed by atoms with E-state index in [0.717, 1.165) is 31.1 Å². The highest BCUT2D eigenvalue weighted by atomic mass is 16.2. The number of hydrogen-bond acceptors (Lipinski definition) is 1. The standard InChI is InChI=1S/C28H40O.H2/c1-3-5-6-8-22-10-13-25(14-11-22)26-15-17-27(18-16-26)28-19-12-23(9-7-20-29)21-24(28)4-2;/h12,15-19,21-22,25,29H,3-11,13-14,20H2,1-2H3;1H. The van der Waals surface area contributed by atoms with Gasteiger partial charge in [-0.05, 0) is 84.6 Å². The van der Waals surface area contributed by atoms with E-state index in [4.69, 9.17) is 5.11 Å². The fourth-order valence-corrected chi connectivity index (χ4v) is 5.06. The van der Waals surface area contributed by atoms with Crippen LogP contribution in [0.4, 0.5) is 0 Å². The quantitative estimate of drug-likeness (QED) is 0.405. The van der Waals surface area contributed by atoms with Gasteiger partial charge < -0.3 is 5.11 Å². The molecule has 29 heavy (non-hydrogen) atoms. The molecule has 1 nitrogen and oxygen atoms in total. The molecular formula is C28H42O. The van der Waals surface area contributed by atoms with E-state index in [0.29, 0.717) is 0 Å². The highest BCUT2D eigenvalue weighted by Crippen LogP contribution is 2.38. The van der Waals surface area contributed by atoms with E-state index in [1.807, 2.05) is 0 Å². The summed E-state index contributed by atoms with van der Waals surface area (Å²) >= 11 is 0. The van der Waals surface area contributed by atoms with Crippen molar-refractivity contribution in [2.45, 2.75) is 90.4 Å². The first-order valence-corrected chi connectivity index (χ1v) is 12.1. The minimum Gasteiger partial charge on any atom is -0.396 e. The summed E-state index contributed by atoms with van der Waals surface area (Å²) in [5, 5.41) is 9.08. The zero-order valence-corrected chi connectivity index (χ0v) is 18.6. The Morgan fingerprint density at radius 2 is 1.66 bits per heavy atom. The van der Waals surface area contributed by atoms with Crippen molar-refractivity contribution >= 4 is 0 Å². The molecule has 0 heterocycles. The van der Waals surface area contributed by atoms with Crippen LogP contribution in [0.25, 0.3) is 11.1 Å². The largest absolute Gasteiger partial charge is 0.396 e. The monoisotopic (exact) mass is 394 g/mol. The summed E-state index contributed by atoms with van der Waals surface area (Å²) in [6, 6.07) is 16.3. The van der Waals surface area contributed by atoms with Gasteiger partial charge in [0.1, 0.15) is 0 Å². The van der Waals surface area contributed by atoms with Crippen LogP contribution in [0.5, 0.6) is 0 Å². The molecule has 1 heteroatoms. The molecule has 2 aromatic carbocycles. The minimum atomic E-state index is 0. The molecule has 0 aliphatic heterocycles. The van der Waals surface area contributed by atoms with Crippen molar-refractivity contribution in [1.82, 2.24) is 0 Å². The zero-order chi connectivity index (χ0) is 20.5. The molecule has 0 saturated heterocycles. The molecule has 1 fully saturated rings. The average Bonchev–Trinajstić information content (AvgIpc) is 2.78. The van der Waals surface area contributed by atoms with Crippen molar-refractivity contribution < 1.29 is 6.53 Å². The van der Waals surface area contributed by atoms with E-state index < -0.39 is 0 Å². The lowest BCUT2D eigenvalue weighted by molar-refractivity contribution is 0.288. The molecule has 0 radical (unpaired) electrons. The molecule has 0 atom stereocenters. The van der Waals surface area contributed by atoms with Gasteiger partial charge in [-0.15, -0.1) is 0 Å². The van der Waals surface area contributed by atoms with E-state index in [1.165, 1.54) is 73.6 Å². The number of hydrogen-bond donors (Lipinski definition) is 1. The number of benzene rings is 2. The van der Waals surface area contributed by atoms with Gasteiger partial charge in [0.05, 0.1) is 0 Å². The Morgan fingerprint density at radius 3 is 2.31 bits per heavy atom. The van der Waals surface area contributed by atoms with Crippen LogP contribution in [0.2, 0.25) is 0 Å². The molecule has 0 unspecified atom stereocenters. The zero-order valence-electron chi connectivity index (χ0n) is 18.6. The fraction of sp³-hybridized carbons (Fsp3) is 0.571. The van der Waals surface area contributed by atoms with Crippen molar-refractivity contribution in [3.8, 4) is 11.1 Å². The van der Waals surface area contributed by atoms with E-state index in [-0.39, 0.29) is 8.03 Å². The van der Waals surface area contributed by atoms with Crippen LogP contribution < -0.4 is 0 Å². The summed E-state index contributed by atoms with van der Waals surface area (Å²) in [7, 11) is 0. The third-order valence-electron chi connectivity index (χ3n) is 6.93. The summed E-state index contributed by atoms with van der Waals surface area (Å²) in [5.74, 6) is 1.74. The van der Waals surface area contributed by atoms with E-state index in [1.54, 1.807) is 5.56 Å². The van der Waals surface area contributed by atoms with Gasteiger partial charge in [-0.25, -0.2) is 0 Å². The molecule has 0 aromatic heterocycles. The third-order valence-corrected chi connectivity index (χ3v) is 6.93. The van der Waals surface area contributed by atoms with Crippen molar-refractivity contribution in [3.05, 3.63) is 59.2 Å². The predicted molar refractivity (Wildman–Crippen MR) is 128 cm³/mol. The van der Waals surface area contributed by atoms with Gasteiger partial charge in [-0.1, -0.05) is 82.0 Å². The van der Waals surface area contributed by atoms with Crippen LogP contribution in [0.1, 0.15) is 95.7 Å². The number of rotatable bonds is 10. The molecule has 0 amide bonds. The van der Waals surface area contributed by atoms with E-state index in [9.17, 15) is 0 Å². The van der Waals surface area contributed by atoms with Crippen molar-refractivity contribution in [2.24, 2.45) is 5.92 Å². The third kappa shape index (κ3) is 6.19. The molecule has 2 aromatic rings. The first-order valence-electron chi connectivity index (χ1n) is 12.1. The molecule has 0 spiro atoms. The molecule has 160 valence electrons. The Morgan fingerprint density at radius 1 is 0.897 bits per heavy atom. The topological polar surface area (TPSA) is 20.2 Å². The van der Waals surface area contributed by atoms with Gasteiger partial charge in [-0.3, -0.25) is 0 Å². The second kappa shape index (κ2) is 11.6. The summed E-state index contributed by atoms with van der Waals surface area (Å²) in [6.45, 7) is 4.81. The Kier molecular flexibility index (Phi) is 8.80. The second-order valence-electron chi connectivity index (χ2n) is 9.01. The lowest BCUT2D eigenvalue weighted by Crippen LogP contribution is -2.13. The van der Waals surface area contributed by atoms with Gasteiger partial charge in [0.2, 0.25) is 0 Å². The Bertz CT molecular complexity index is 729. The first-order chi connectivity index (χ1) is 14.2. The van der Waals surface area contributed by atoms with Crippen LogP contribution in [0.3, 0.4) is 0 Å². The van der Waals surface area contributed by atoms with E-state index in [2.05, 4.69) is 56.3 Å². The minimum absolute atomic E-state index is 0. The maximum absolute atomic E-state index is 9.08. The Hall–Kier alpha value is -1.60. The van der Waals surface area contributed by atoms with Crippen LogP contribution in [-0.2, 0) is 12.8 Å². The van der Waals surface area contributed by atoms with Crippen molar-refractivity contribution in [2.75, 3.05) is 6.61 Å². The average molecular weight is 395 g/mol. The van der Waals surface area contributed by atoms with Crippen molar-refractivity contribution in [3.63, 3.8) is 0 Å². The number of aliphatic hydroxyl groups excluding tert-OH is 1. The van der Waals surface area contributed by atoms with Gasteiger partial charge in [0, 0.05) is 8.03 Å². The number of unbranched alkanes of at least 4 members (excludes halogenated alkanes) is 2. The highest BCUT2D eigenvalue weighted by molar-refractivity contribution is 5.68. The summed E-state index contributed by atoms with van der Waals surface area (Å²) < 4.78 is 0. The molecule has 3 rings (SSSR count). The smallest absolute Gasteiger partial charge is 0.0434 e. The van der Waals surface area contributed by atoms with Gasteiger partial charge in [0.15, 0.2) is 0 Å². The van der Waals surface area contributed by atoms with Crippen LogP contribution in [-0.4, -0.2) is 11.7 Å². The van der Waals surface area contributed by atoms with Gasteiger partial charge in [-0.2, -0.15) is 0 Å². The highest BCUT2D eigenvalue weighted by Gasteiger charge is 2.22. The molecule has 1 aliphatic carbocycles. The Balaban J connectivity index is 0.00000320. The molecule has 1 saturated carbocycles. The fourth-order valence-electron chi connectivity index (χ4n) is 5.06.